The van der Waals surface area contributed by atoms with Crippen LogP contribution in [0.25, 0.3) is 0 Å². The van der Waals surface area contributed by atoms with Crippen molar-refractivity contribution in [2.24, 2.45) is 5.14 Å². The van der Waals surface area contributed by atoms with Gasteiger partial charge in [0.1, 0.15) is 0 Å². The van der Waals surface area contributed by atoms with Gasteiger partial charge in [-0.05, 0) is 25.1 Å². The minimum Gasteiger partial charge on any atom is -0.225 e. The third-order valence-electron chi connectivity index (χ3n) is 2.14. The fourth-order valence-electron chi connectivity index (χ4n) is 1.18. The zero-order valence-corrected chi connectivity index (χ0v) is 11.3. The molecule has 0 spiro atoms. The minimum absolute atomic E-state index is 0.164. The number of rotatable bonds is 5. The van der Waals surface area contributed by atoms with Crippen molar-refractivity contribution < 1.29 is 16.8 Å². The maximum absolute atomic E-state index is 11.9. The van der Waals surface area contributed by atoms with Gasteiger partial charge in [0.15, 0.2) is 0 Å². The molecule has 0 aliphatic carbocycles. The molecule has 0 radical (unpaired) electrons. The Kier molecular flexibility index (Phi) is 4.28. The zero-order valence-electron chi connectivity index (χ0n) is 9.70. The van der Waals surface area contributed by atoms with Crippen LogP contribution in [0.1, 0.15) is 6.92 Å². The molecule has 1 aromatic carbocycles. The summed E-state index contributed by atoms with van der Waals surface area (Å²) in [6.07, 6.45) is 1.42. The Morgan fingerprint density at radius 2 is 1.83 bits per heavy atom. The molecule has 0 aliphatic rings. The van der Waals surface area contributed by atoms with Crippen LogP contribution in [0.3, 0.4) is 0 Å². The molecular weight excluding hydrogens is 276 g/mol. The molecule has 0 bridgehead atoms. The molecule has 18 heavy (non-hydrogen) atoms. The Bertz CT molecular complexity index is 650. The first kappa shape index (κ1) is 14.8. The first-order valence-corrected chi connectivity index (χ1v) is 7.97. The van der Waals surface area contributed by atoms with Crippen molar-refractivity contribution in [3.05, 3.63) is 36.9 Å². The van der Waals surface area contributed by atoms with Crippen LogP contribution >= 0.6 is 0 Å². The Balaban J connectivity index is 3.23. The molecule has 0 saturated heterocycles. The summed E-state index contributed by atoms with van der Waals surface area (Å²) in [4.78, 5) is -0.417. The maximum Gasteiger partial charge on any atom is 0.241 e. The van der Waals surface area contributed by atoms with Crippen molar-refractivity contribution in [3.63, 3.8) is 0 Å². The lowest BCUT2D eigenvalue weighted by molar-refractivity contribution is 0.576. The minimum atomic E-state index is -3.93. The van der Waals surface area contributed by atoms with E-state index in [1.165, 1.54) is 24.3 Å². The van der Waals surface area contributed by atoms with Gasteiger partial charge in [0.25, 0.3) is 0 Å². The number of nitrogens with two attached hydrogens (primary N) is 1. The lowest BCUT2D eigenvalue weighted by atomic mass is 10.4. The first-order valence-electron chi connectivity index (χ1n) is 4.94. The summed E-state index contributed by atoms with van der Waals surface area (Å²) in [7, 11) is -7.73. The molecule has 1 aromatic rings. The number of nitrogens with one attached hydrogen (secondary N) is 1. The Morgan fingerprint density at radius 1 is 1.28 bits per heavy atom. The van der Waals surface area contributed by atoms with Crippen LogP contribution in [-0.4, -0.2) is 22.9 Å². The maximum atomic E-state index is 11.9. The third-order valence-corrected chi connectivity index (χ3v) is 4.61. The van der Waals surface area contributed by atoms with Crippen molar-refractivity contribution >= 4 is 20.0 Å². The van der Waals surface area contributed by atoms with Crippen LogP contribution in [0.15, 0.2) is 46.7 Å². The summed E-state index contributed by atoms with van der Waals surface area (Å²) >= 11 is 0. The third kappa shape index (κ3) is 3.64. The normalized spacial score (nSPS) is 14.1. The molecule has 0 heterocycles. The van der Waals surface area contributed by atoms with E-state index < -0.39 is 26.1 Å². The highest BCUT2D eigenvalue weighted by Gasteiger charge is 2.18. The van der Waals surface area contributed by atoms with Crippen LogP contribution < -0.4 is 9.86 Å². The summed E-state index contributed by atoms with van der Waals surface area (Å²) in [6.45, 7) is 5.06. The summed E-state index contributed by atoms with van der Waals surface area (Å²) in [5.41, 5.74) is 0. The van der Waals surface area contributed by atoms with Gasteiger partial charge in [0.2, 0.25) is 20.0 Å². The second-order valence-corrected chi connectivity index (χ2v) is 6.94. The largest absolute Gasteiger partial charge is 0.241 e. The van der Waals surface area contributed by atoms with E-state index >= 15 is 0 Å². The fourth-order valence-corrected chi connectivity index (χ4v) is 3.07. The van der Waals surface area contributed by atoms with E-state index in [0.717, 1.165) is 6.07 Å². The van der Waals surface area contributed by atoms with Crippen LogP contribution in [0.4, 0.5) is 0 Å². The number of hydrogen-bond acceptors (Lipinski definition) is 4. The van der Waals surface area contributed by atoms with Crippen LogP contribution in [-0.2, 0) is 20.0 Å². The van der Waals surface area contributed by atoms with Crippen molar-refractivity contribution in [3.8, 4) is 0 Å². The van der Waals surface area contributed by atoms with Gasteiger partial charge in [-0.15, -0.1) is 6.58 Å². The van der Waals surface area contributed by atoms with E-state index in [2.05, 4.69) is 11.3 Å². The molecule has 6 nitrogen and oxygen atoms in total. The van der Waals surface area contributed by atoms with Gasteiger partial charge in [0.05, 0.1) is 9.79 Å². The summed E-state index contributed by atoms with van der Waals surface area (Å²) in [6, 6.07) is 4.37. The highest BCUT2D eigenvalue weighted by molar-refractivity contribution is 7.90. The monoisotopic (exact) mass is 290 g/mol. The average Bonchev–Trinajstić information content (AvgIpc) is 2.27. The Labute approximate surface area is 107 Å². The molecule has 3 N–H and O–H groups in total. The first-order chi connectivity index (χ1) is 8.16. The average molecular weight is 290 g/mol. The van der Waals surface area contributed by atoms with E-state index in [0.29, 0.717) is 0 Å². The summed E-state index contributed by atoms with van der Waals surface area (Å²) in [5, 5.41) is 4.94. The molecule has 1 rings (SSSR count). The second-order valence-electron chi connectivity index (χ2n) is 3.67. The van der Waals surface area contributed by atoms with Gasteiger partial charge in [-0.2, -0.15) is 0 Å². The van der Waals surface area contributed by atoms with Gasteiger partial charge in [-0.25, -0.2) is 26.7 Å². The highest BCUT2D eigenvalue weighted by Crippen LogP contribution is 2.14. The molecule has 100 valence electrons. The van der Waals surface area contributed by atoms with Gasteiger partial charge in [-0.1, -0.05) is 12.1 Å². The highest BCUT2D eigenvalue weighted by atomic mass is 32.2. The number of primary sulfonamides is 1. The molecule has 1 unspecified atom stereocenters. The molecule has 8 heteroatoms. The van der Waals surface area contributed by atoms with Crippen LogP contribution in [0.2, 0.25) is 0 Å². The van der Waals surface area contributed by atoms with Crippen molar-refractivity contribution in [2.75, 3.05) is 0 Å². The molecule has 1 atom stereocenters. The Morgan fingerprint density at radius 3 is 2.33 bits per heavy atom. The molecule has 0 aliphatic heterocycles. The van der Waals surface area contributed by atoms with E-state index in [1.807, 2.05) is 0 Å². The number of hydrogen-bond donors (Lipinski definition) is 2. The molecule has 0 fully saturated rings. The molecule has 0 saturated carbocycles. The molecule has 0 aromatic heterocycles. The summed E-state index contributed by atoms with van der Waals surface area (Å²) in [5.74, 6) is 0. The SMILES string of the molecule is C=CC(C)NS(=O)(=O)c1cccc(S(N)(=O)=O)c1. The van der Waals surface area contributed by atoms with Crippen molar-refractivity contribution in [1.82, 2.24) is 4.72 Å². The van der Waals surface area contributed by atoms with Crippen molar-refractivity contribution in [1.29, 1.82) is 0 Å². The van der Waals surface area contributed by atoms with E-state index in [-0.39, 0.29) is 9.79 Å². The van der Waals surface area contributed by atoms with Gasteiger partial charge in [-0.3, -0.25) is 0 Å². The second kappa shape index (κ2) is 5.19. The smallest absolute Gasteiger partial charge is 0.225 e. The van der Waals surface area contributed by atoms with E-state index in [4.69, 9.17) is 5.14 Å². The van der Waals surface area contributed by atoms with Crippen LogP contribution in [0, 0.1) is 0 Å². The van der Waals surface area contributed by atoms with Crippen LogP contribution in [0.5, 0.6) is 0 Å². The van der Waals surface area contributed by atoms with E-state index in [1.54, 1.807) is 6.92 Å². The zero-order chi connectivity index (χ0) is 14.0. The van der Waals surface area contributed by atoms with E-state index in [9.17, 15) is 16.8 Å². The molecular formula is C10H14N2O4S2. The van der Waals surface area contributed by atoms with Crippen molar-refractivity contribution in [2.45, 2.75) is 22.8 Å². The predicted molar refractivity (Wildman–Crippen MR) is 67.8 cm³/mol. The lowest BCUT2D eigenvalue weighted by Gasteiger charge is -2.10. The summed E-state index contributed by atoms with van der Waals surface area (Å²) < 4.78 is 48.4. The topological polar surface area (TPSA) is 106 Å². The lowest BCUT2D eigenvalue weighted by Crippen LogP contribution is -2.31. The number of sulfonamides is 2. The Hall–Kier alpha value is -1.22. The molecule has 0 amide bonds. The van der Waals surface area contributed by atoms with Gasteiger partial charge >= 0.3 is 0 Å². The predicted octanol–water partition coefficient (Wildman–Crippen LogP) is 0.187. The standard InChI is InChI=1S/C10H14N2O4S2/c1-3-8(2)12-18(15,16)10-6-4-5-9(7-10)17(11,13)14/h3-8,12H,1H2,2H3,(H2,11,13,14). The van der Waals surface area contributed by atoms with Gasteiger partial charge < -0.3 is 0 Å². The fraction of sp³-hybridized carbons (Fsp3) is 0.200. The van der Waals surface area contributed by atoms with Gasteiger partial charge in [0, 0.05) is 6.04 Å². The number of benzene rings is 1. The quantitative estimate of drug-likeness (QED) is 0.755.